The Balaban J connectivity index is 1.39. The van der Waals surface area contributed by atoms with Crippen LogP contribution in [0.3, 0.4) is 0 Å². The summed E-state index contributed by atoms with van der Waals surface area (Å²) in [6.07, 6.45) is 1.82. The summed E-state index contributed by atoms with van der Waals surface area (Å²) >= 11 is 6.30. The van der Waals surface area contributed by atoms with Crippen molar-refractivity contribution in [1.82, 2.24) is 14.7 Å². The predicted octanol–water partition coefficient (Wildman–Crippen LogP) is 6.28. The second kappa shape index (κ2) is 11.8. The zero-order valence-corrected chi connectivity index (χ0v) is 21.7. The zero-order chi connectivity index (χ0) is 25.6. The van der Waals surface area contributed by atoms with Gasteiger partial charge < -0.3 is 14.6 Å². The first-order chi connectivity index (χ1) is 18.0. The number of aromatic nitrogens is 2. The van der Waals surface area contributed by atoms with Crippen LogP contribution in [0.5, 0.6) is 17.4 Å². The van der Waals surface area contributed by atoms with E-state index < -0.39 is 6.10 Å². The van der Waals surface area contributed by atoms with Crippen molar-refractivity contribution in [1.29, 1.82) is 0 Å². The quantitative estimate of drug-likeness (QED) is 0.240. The minimum absolute atomic E-state index is 0.235. The summed E-state index contributed by atoms with van der Waals surface area (Å²) in [6.45, 7) is 4.25. The third kappa shape index (κ3) is 6.92. The number of hydrogen-bond donors (Lipinski definition) is 1. The molecule has 7 heteroatoms. The van der Waals surface area contributed by atoms with Gasteiger partial charge in [-0.25, -0.2) is 4.68 Å². The number of aryl methyl sites for hydroxylation is 1. The molecule has 5 rings (SSSR count). The molecule has 1 heterocycles. The number of nitrogens with zero attached hydrogens (tertiary/aromatic N) is 3. The van der Waals surface area contributed by atoms with Crippen LogP contribution in [0, 0.1) is 12.8 Å². The minimum atomic E-state index is -0.624. The van der Waals surface area contributed by atoms with Gasteiger partial charge in [0.15, 0.2) is 0 Å². The van der Waals surface area contributed by atoms with E-state index in [9.17, 15) is 5.11 Å². The Kier molecular flexibility index (Phi) is 8.09. The van der Waals surface area contributed by atoms with Crippen molar-refractivity contribution in [3.8, 4) is 23.1 Å². The van der Waals surface area contributed by atoms with Gasteiger partial charge in [-0.05, 0) is 68.1 Å². The number of ether oxygens (including phenoxy) is 2. The van der Waals surface area contributed by atoms with Gasteiger partial charge in [0.1, 0.15) is 24.2 Å². The zero-order valence-electron chi connectivity index (χ0n) is 21.0. The number of para-hydroxylation sites is 2. The molecule has 6 nitrogen and oxygen atoms in total. The third-order valence-corrected chi connectivity index (χ3v) is 6.63. The first-order valence-electron chi connectivity index (χ1n) is 12.7. The SMILES string of the molecule is Cc1nn(-c2cccc(Cl)c2)c(Oc2ccccc2)c1CN(CC(O)COc1ccccc1)CC1CC1. The number of halogens is 1. The maximum Gasteiger partial charge on any atom is 0.227 e. The number of hydrogen-bond acceptors (Lipinski definition) is 5. The molecule has 0 radical (unpaired) electrons. The minimum Gasteiger partial charge on any atom is -0.491 e. The molecule has 3 aromatic carbocycles. The van der Waals surface area contributed by atoms with Crippen molar-refractivity contribution >= 4 is 11.6 Å². The third-order valence-electron chi connectivity index (χ3n) is 6.40. The van der Waals surface area contributed by atoms with E-state index in [1.165, 1.54) is 12.8 Å². The van der Waals surface area contributed by atoms with E-state index in [-0.39, 0.29) is 6.61 Å². The Hall–Kier alpha value is -3.32. The highest BCUT2D eigenvalue weighted by molar-refractivity contribution is 6.30. The van der Waals surface area contributed by atoms with Gasteiger partial charge in [-0.15, -0.1) is 0 Å². The van der Waals surface area contributed by atoms with Crippen LogP contribution in [0.15, 0.2) is 84.9 Å². The molecule has 0 saturated heterocycles. The summed E-state index contributed by atoms with van der Waals surface area (Å²) in [7, 11) is 0. The van der Waals surface area contributed by atoms with Crippen molar-refractivity contribution in [2.75, 3.05) is 19.7 Å². The van der Waals surface area contributed by atoms with Crippen LogP contribution >= 0.6 is 11.6 Å². The second-order valence-electron chi connectivity index (χ2n) is 9.59. The molecule has 192 valence electrons. The number of aliphatic hydroxyl groups excluding tert-OH is 1. The van der Waals surface area contributed by atoms with Crippen LogP contribution < -0.4 is 9.47 Å². The molecule has 0 aliphatic heterocycles. The Morgan fingerprint density at radius 2 is 1.70 bits per heavy atom. The van der Waals surface area contributed by atoms with Gasteiger partial charge in [-0.2, -0.15) is 5.10 Å². The summed E-state index contributed by atoms with van der Waals surface area (Å²) < 4.78 is 14.1. The van der Waals surface area contributed by atoms with Gasteiger partial charge in [-0.3, -0.25) is 4.90 Å². The molecule has 37 heavy (non-hydrogen) atoms. The summed E-state index contributed by atoms with van der Waals surface area (Å²) in [4.78, 5) is 2.29. The van der Waals surface area contributed by atoms with E-state index in [4.69, 9.17) is 26.2 Å². The second-order valence-corrected chi connectivity index (χ2v) is 10.0. The Morgan fingerprint density at radius 1 is 1.00 bits per heavy atom. The van der Waals surface area contributed by atoms with Crippen LogP contribution in [-0.2, 0) is 6.54 Å². The highest BCUT2D eigenvalue weighted by Gasteiger charge is 2.28. The first kappa shape index (κ1) is 25.3. The molecule has 1 fully saturated rings. The average Bonchev–Trinajstić information content (AvgIpc) is 3.68. The van der Waals surface area contributed by atoms with Crippen LogP contribution in [0.25, 0.3) is 5.69 Å². The smallest absolute Gasteiger partial charge is 0.227 e. The van der Waals surface area contributed by atoms with Crippen LogP contribution in [-0.4, -0.2) is 45.6 Å². The lowest BCUT2D eigenvalue weighted by Crippen LogP contribution is -2.36. The topological polar surface area (TPSA) is 59.8 Å². The van der Waals surface area contributed by atoms with Crippen LogP contribution in [0.4, 0.5) is 0 Å². The lowest BCUT2D eigenvalue weighted by molar-refractivity contribution is 0.0636. The monoisotopic (exact) mass is 517 g/mol. The molecule has 1 aromatic heterocycles. The number of rotatable bonds is 12. The normalized spacial score (nSPS) is 14.1. The molecule has 1 N–H and O–H groups in total. The largest absolute Gasteiger partial charge is 0.491 e. The maximum absolute atomic E-state index is 10.8. The Labute approximate surface area is 223 Å². The lowest BCUT2D eigenvalue weighted by Gasteiger charge is -2.25. The standard InChI is InChI=1S/C30H32ClN3O3/c1-22-29(20-33(18-23-15-16-23)19-26(35)21-36-27-11-4-2-5-12-27)30(37-28-13-6-3-7-14-28)34(32-22)25-10-8-9-24(31)17-25/h2-14,17,23,26,35H,15-16,18-21H2,1H3. The van der Waals surface area contributed by atoms with Gasteiger partial charge in [0.05, 0.1) is 16.9 Å². The Morgan fingerprint density at radius 3 is 2.38 bits per heavy atom. The van der Waals surface area contributed by atoms with Gasteiger partial charge in [0.2, 0.25) is 5.88 Å². The van der Waals surface area contributed by atoms with Gasteiger partial charge in [-0.1, -0.05) is 54.1 Å². The maximum atomic E-state index is 10.8. The molecule has 0 amide bonds. The molecule has 1 aliphatic carbocycles. The molecule has 0 spiro atoms. The molecule has 1 unspecified atom stereocenters. The summed E-state index contributed by atoms with van der Waals surface area (Å²) in [5.74, 6) is 2.80. The summed E-state index contributed by atoms with van der Waals surface area (Å²) in [5, 5.41) is 16.3. The molecule has 0 bridgehead atoms. The predicted molar refractivity (Wildman–Crippen MR) is 146 cm³/mol. The van der Waals surface area contributed by atoms with Crippen molar-refractivity contribution in [3.05, 3.63) is 101 Å². The summed E-state index contributed by atoms with van der Waals surface area (Å²) in [6, 6.07) is 26.9. The van der Waals surface area contributed by atoms with E-state index in [1.54, 1.807) is 0 Å². The van der Waals surface area contributed by atoms with Gasteiger partial charge in [0.25, 0.3) is 0 Å². The lowest BCUT2D eigenvalue weighted by atomic mass is 10.2. The van der Waals surface area contributed by atoms with Crippen molar-refractivity contribution in [2.24, 2.45) is 5.92 Å². The molecule has 4 aromatic rings. The number of benzene rings is 3. The molecular formula is C30H32ClN3O3. The molecular weight excluding hydrogens is 486 g/mol. The summed E-state index contributed by atoms with van der Waals surface area (Å²) in [5.41, 5.74) is 2.69. The molecule has 1 aliphatic rings. The van der Waals surface area contributed by atoms with Crippen molar-refractivity contribution in [3.63, 3.8) is 0 Å². The average molecular weight is 518 g/mol. The Bertz CT molecular complexity index is 1290. The number of aliphatic hydroxyl groups is 1. The van der Waals surface area contributed by atoms with Gasteiger partial charge >= 0.3 is 0 Å². The van der Waals surface area contributed by atoms with E-state index >= 15 is 0 Å². The highest BCUT2D eigenvalue weighted by Crippen LogP contribution is 2.34. The van der Waals surface area contributed by atoms with Gasteiger partial charge in [0, 0.05) is 24.7 Å². The van der Waals surface area contributed by atoms with E-state index in [2.05, 4.69) is 4.90 Å². The van der Waals surface area contributed by atoms with E-state index in [0.717, 1.165) is 35.0 Å². The van der Waals surface area contributed by atoms with Crippen LogP contribution in [0.2, 0.25) is 5.02 Å². The fourth-order valence-corrected chi connectivity index (χ4v) is 4.55. The highest BCUT2D eigenvalue weighted by atomic mass is 35.5. The molecule has 1 atom stereocenters. The van der Waals surface area contributed by atoms with Crippen molar-refractivity contribution < 1.29 is 14.6 Å². The van der Waals surface area contributed by atoms with E-state index in [0.29, 0.717) is 29.9 Å². The van der Waals surface area contributed by atoms with E-state index in [1.807, 2.05) is 96.5 Å². The first-order valence-corrected chi connectivity index (χ1v) is 13.1. The van der Waals surface area contributed by atoms with Crippen molar-refractivity contribution in [2.45, 2.75) is 32.4 Å². The van der Waals surface area contributed by atoms with Crippen LogP contribution in [0.1, 0.15) is 24.1 Å². The fraction of sp³-hybridized carbons (Fsp3) is 0.300. The fourth-order valence-electron chi connectivity index (χ4n) is 4.36. The molecule has 1 saturated carbocycles.